The maximum Gasteiger partial charge on any atom is 0.152 e. The third-order valence-corrected chi connectivity index (χ3v) is 5.36. The highest BCUT2D eigenvalue weighted by atomic mass is 32.2. The molecule has 8 heteroatoms. The van der Waals surface area contributed by atoms with Crippen LogP contribution in [0.15, 0.2) is 0 Å². The van der Waals surface area contributed by atoms with Crippen LogP contribution in [0.25, 0.3) is 0 Å². The summed E-state index contributed by atoms with van der Waals surface area (Å²) in [5.74, 6) is 8.19. The van der Waals surface area contributed by atoms with Crippen molar-refractivity contribution in [2.75, 3.05) is 34.9 Å². The minimum absolute atomic E-state index is 0.166. The lowest BCUT2D eigenvalue weighted by Gasteiger charge is -2.24. The number of sulfone groups is 1. The summed E-state index contributed by atoms with van der Waals surface area (Å²) in [6.07, 6.45) is 0.619. The van der Waals surface area contributed by atoms with E-state index in [4.69, 9.17) is 5.84 Å². The van der Waals surface area contributed by atoms with Gasteiger partial charge in [0.15, 0.2) is 9.84 Å². The third-order valence-electron chi connectivity index (χ3n) is 3.65. The fourth-order valence-electron chi connectivity index (χ4n) is 2.38. The predicted molar refractivity (Wildman–Crippen MR) is 84.2 cm³/mol. The van der Waals surface area contributed by atoms with Gasteiger partial charge in [0.25, 0.3) is 0 Å². The van der Waals surface area contributed by atoms with Gasteiger partial charge < -0.3 is 10.3 Å². The molecule has 3 N–H and O–H groups in total. The van der Waals surface area contributed by atoms with Gasteiger partial charge in [0, 0.05) is 24.6 Å². The SMILES string of the molecule is Cc1c(NN)nc(C(C)C)nc1N1CCCS(=O)(=O)CC1. The molecule has 0 aliphatic carbocycles. The monoisotopic (exact) mass is 313 g/mol. The number of nitrogens with two attached hydrogens (primary N) is 1. The summed E-state index contributed by atoms with van der Waals surface area (Å²) in [5, 5.41) is 0. The number of aromatic nitrogens is 2. The number of rotatable bonds is 3. The Labute approximate surface area is 125 Å². The summed E-state index contributed by atoms with van der Waals surface area (Å²) >= 11 is 0. The van der Waals surface area contributed by atoms with E-state index < -0.39 is 9.84 Å². The van der Waals surface area contributed by atoms with Crippen LogP contribution >= 0.6 is 0 Å². The van der Waals surface area contributed by atoms with Gasteiger partial charge in [-0.1, -0.05) is 13.8 Å². The van der Waals surface area contributed by atoms with E-state index in [-0.39, 0.29) is 17.4 Å². The quantitative estimate of drug-likeness (QED) is 0.629. The maximum absolute atomic E-state index is 11.7. The lowest BCUT2D eigenvalue weighted by Crippen LogP contribution is -2.29. The number of anilines is 2. The maximum atomic E-state index is 11.7. The highest BCUT2D eigenvalue weighted by Crippen LogP contribution is 2.26. The van der Waals surface area contributed by atoms with Crippen molar-refractivity contribution in [2.24, 2.45) is 5.84 Å². The normalized spacial score (nSPS) is 18.6. The Balaban J connectivity index is 2.40. The van der Waals surface area contributed by atoms with Gasteiger partial charge >= 0.3 is 0 Å². The molecule has 1 fully saturated rings. The molecule has 2 heterocycles. The van der Waals surface area contributed by atoms with Gasteiger partial charge in [-0.2, -0.15) is 0 Å². The largest absolute Gasteiger partial charge is 0.355 e. The number of hydrogen-bond donors (Lipinski definition) is 2. The molecule has 0 aromatic carbocycles. The van der Waals surface area contributed by atoms with Gasteiger partial charge in [-0.15, -0.1) is 0 Å². The second kappa shape index (κ2) is 6.15. The van der Waals surface area contributed by atoms with E-state index in [1.807, 2.05) is 25.7 Å². The van der Waals surface area contributed by atoms with E-state index in [9.17, 15) is 8.42 Å². The molecule has 0 spiro atoms. The van der Waals surface area contributed by atoms with Crippen LogP contribution in [0.2, 0.25) is 0 Å². The number of nitrogens with zero attached hydrogens (tertiary/aromatic N) is 3. The molecule has 0 amide bonds. The standard InChI is InChI=1S/C13H23N5O2S/c1-9(2)11-15-12(17-14)10(3)13(16-11)18-5-4-7-21(19,20)8-6-18/h9H,4-8,14H2,1-3H3,(H,15,16,17). The van der Waals surface area contributed by atoms with Gasteiger partial charge in [0.2, 0.25) is 0 Å². The number of nitrogens with one attached hydrogen (secondary N) is 1. The van der Waals surface area contributed by atoms with Crippen molar-refractivity contribution >= 4 is 21.5 Å². The van der Waals surface area contributed by atoms with E-state index >= 15 is 0 Å². The smallest absolute Gasteiger partial charge is 0.152 e. The molecule has 1 aromatic rings. The average molecular weight is 313 g/mol. The Kier molecular flexibility index (Phi) is 4.67. The van der Waals surface area contributed by atoms with Crippen molar-refractivity contribution in [1.82, 2.24) is 9.97 Å². The van der Waals surface area contributed by atoms with Gasteiger partial charge in [-0.25, -0.2) is 24.2 Å². The molecule has 2 rings (SSSR count). The molecule has 1 aliphatic heterocycles. The minimum atomic E-state index is -2.94. The lowest BCUT2D eigenvalue weighted by atomic mass is 10.2. The molecule has 1 saturated heterocycles. The van der Waals surface area contributed by atoms with Crippen LogP contribution in [0.3, 0.4) is 0 Å². The Morgan fingerprint density at radius 1 is 1.24 bits per heavy atom. The molecule has 118 valence electrons. The summed E-state index contributed by atoms with van der Waals surface area (Å²) in [6, 6.07) is 0. The van der Waals surface area contributed by atoms with E-state index in [0.29, 0.717) is 31.2 Å². The van der Waals surface area contributed by atoms with Gasteiger partial charge in [0.05, 0.1) is 11.5 Å². The number of nitrogen functional groups attached to an aromatic ring is 1. The van der Waals surface area contributed by atoms with Crippen molar-refractivity contribution in [3.8, 4) is 0 Å². The van der Waals surface area contributed by atoms with Gasteiger partial charge in [-0.3, -0.25) is 0 Å². The predicted octanol–water partition coefficient (Wildman–Crippen LogP) is 0.819. The van der Waals surface area contributed by atoms with Crippen molar-refractivity contribution in [1.29, 1.82) is 0 Å². The zero-order chi connectivity index (χ0) is 15.6. The summed E-state index contributed by atoms with van der Waals surface area (Å²) in [6.45, 7) is 7.07. The zero-order valence-corrected chi connectivity index (χ0v) is 13.6. The van der Waals surface area contributed by atoms with E-state index in [1.54, 1.807) is 0 Å². The number of hydrazine groups is 1. The third kappa shape index (κ3) is 3.62. The van der Waals surface area contributed by atoms with Crippen molar-refractivity contribution < 1.29 is 8.42 Å². The van der Waals surface area contributed by atoms with Crippen molar-refractivity contribution in [3.05, 3.63) is 11.4 Å². The molecule has 7 nitrogen and oxygen atoms in total. The van der Waals surface area contributed by atoms with E-state index in [0.717, 1.165) is 11.4 Å². The molecular formula is C13H23N5O2S. The topological polar surface area (TPSA) is 101 Å². The average Bonchev–Trinajstić information content (AvgIpc) is 2.60. The Morgan fingerprint density at radius 3 is 2.57 bits per heavy atom. The van der Waals surface area contributed by atoms with Crippen molar-refractivity contribution in [3.63, 3.8) is 0 Å². The second-order valence-corrected chi connectivity index (χ2v) is 7.97. The van der Waals surface area contributed by atoms with Crippen LogP contribution in [-0.2, 0) is 9.84 Å². The van der Waals surface area contributed by atoms with E-state index in [2.05, 4.69) is 15.4 Å². The van der Waals surface area contributed by atoms with Crippen LogP contribution in [0.5, 0.6) is 0 Å². The lowest BCUT2D eigenvalue weighted by molar-refractivity contribution is 0.597. The molecule has 0 unspecified atom stereocenters. The Bertz CT molecular complexity index is 615. The fourth-order valence-corrected chi connectivity index (χ4v) is 3.65. The van der Waals surface area contributed by atoms with Crippen LogP contribution in [0, 0.1) is 6.92 Å². The molecule has 1 aliphatic rings. The molecule has 0 atom stereocenters. The second-order valence-electron chi connectivity index (χ2n) is 5.67. The highest BCUT2D eigenvalue weighted by molar-refractivity contribution is 7.91. The Morgan fingerprint density at radius 2 is 1.95 bits per heavy atom. The summed E-state index contributed by atoms with van der Waals surface area (Å²) < 4.78 is 23.5. The molecular weight excluding hydrogens is 290 g/mol. The zero-order valence-electron chi connectivity index (χ0n) is 12.8. The minimum Gasteiger partial charge on any atom is -0.355 e. The summed E-state index contributed by atoms with van der Waals surface area (Å²) in [4.78, 5) is 11.0. The first-order valence-electron chi connectivity index (χ1n) is 7.14. The fraction of sp³-hybridized carbons (Fsp3) is 0.692. The number of hydrogen-bond acceptors (Lipinski definition) is 7. The molecule has 21 heavy (non-hydrogen) atoms. The van der Waals surface area contributed by atoms with Crippen LogP contribution in [-0.4, -0.2) is 43.0 Å². The van der Waals surface area contributed by atoms with Crippen LogP contribution in [0.1, 0.15) is 37.6 Å². The van der Waals surface area contributed by atoms with Crippen LogP contribution in [0.4, 0.5) is 11.6 Å². The molecule has 0 bridgehead atoms. The van der Waals surface area contributed by atoms with E-state index in [1.165, 1.54) is 0 Å². The van der Waals surface area contributed by atoms with Gasteiger partial charge in [0.1, 0.15) is 17.5 Å². The highest BCUT2D eigenvalue weighted by Gasteiger charge is 2.23. The molecule has 0 saturated carbocycles. The Hall–Kier alpha value is -1.41. The summed E-state index contributed by atoms with van der Waals surface area (Å²) in [7, 11) is -2.94. The van der Waals surface area contributed by atoms with Crippen LogP contribution < -0.4 is 16.2 Å². The van der Waals surface area contributed by atoms with Crippen molar-refractivity contribution in [2.45, 2.75) is 33.1 Å². The first-order chi connectivity index (χ1) is 9.84. The first-order valence-corrected chi connectivity index (χ1v) is 8.96. The molecule has 1 aromatic heterocycles. The van der Waals surface area contributed by atoms with Gasteiger partial charge in [-0.05, 0) is 13.3 Å². The molecule has 0 radical (unpaired) electrons. The first kappa shape index (κ1) is 16.0. The summed E-state index contributed by atoms with van der Waals surface area (Å²) in [5.41, 5.74) is 3.45.